The van der Waals surface area contributed by atoms with Crippen LogP contribution in [0.4, 0.5) is 5.69 Å². The Balaban J connectivity index is 1.34. The standard InChI is InChI=1S/C34H26ClN3O3/c1-20-10-16-23(17-11-20)38-32(40)30-29-24-6-2-4-8-26(24)34(31(30)33(38)41,27-9-5-3-7-25(27)29)19-36-37-28(39)18-21-12-14-22(35)15-13-21/h2-17,19,29-31H,18H2,1H3,(H,37,39)/b36-19-/t29?,30-,31-,34?/m0/s1. The number of nitrogens with zero attached hydrogens (tertiary/aromatic N) is 2. The second-order valence-corrected chi connectivity index (χ2v) is 11.4. The molecule has 4 aromatic carbocycles. The van der Waals surface area contributed by atoms with E-state index in [1.165, 1.54) is 4.90 Å². The van der Waals surface area contributed by atoms with Crippen LogP contribution in [-0.2, 0) is 26.2 Å². The van der Waals surface area contributed by atoms with Crippen LogP contribution in [0.5, 0.6) is 0 Å². The van der Waals surface area contributed by atoms with Crippen molar-refractivity contribution < 1.29 is 14.4 Å². The lowest BCUT2D eigenvalue weighted by atomic mass is 9.47. The highest BCUT2D eigenvalue weighted by Gasteiger charge is 2.68. The lowest BCUT2D eigenvalue weighted by Gasteiger charge is -2.52. The summed E-state index contributed by atoms with van der Waals surface area (Å²) < 4.78 is 0. The first-order valence-corrected chi connectivity index (χ1v) is 14.0. The number of halogens is 1. The van der Waals surface area contributed by atoms with E-state index < -0.39 is 17.3 Å². The largest absolute Gasteiger partial charge is 0.274 e. The van der Waals surface area contributed by atoms with Crippen LogP contribution in [0.3, 0.4) is 0 Å². The van der Waals surface area contributed by atoms with E-state index in [0.29, 0.717) is 10.7 Å². The van der Waals surface area contributed by atoms with E-state index in [2.05, 4.69) is 10.5 Å². The number of rotatable bonds is 5. The fraction of sp³-hybridized carbons (Fsp3) is 0.176. The summed E-state index contributed by atoms with van der Waals surface area (Å²) in [6.45, 7) is 1.97. The number of hydrogen-bond donors (Lipinski definition) is 1. The number of nitrogens with one attached hydrogen (secondary N) is 1. The molecule has 2 atom stereocenters. The summed E-state index contributed by atoms with van der Waals surface area (Å²) in [7, 11) is 0. The van der Waals surface area contributed by atoms with Crippen LogP contribution in [0.25, 0.3) is 0 Å². The molecule has 4 aromatic rings. The number of anilines is 1. The topological polar surface area (TPSA) is 78.8 Å². The Morgan fingerprint density at radius 1 is 0.878 bits per heavy atom. The van der Waals surface area contributed by atoms with Gasteiger partial charge in [0.15, 0.2) is 0 Å². The van der Waals surface area contributed by atoms with Crippen molar-refractivity contribution in [3.05, 3.63) is 135 Å². The number of imide groups is 1. The molecule has 0 aromatic heterocycles. The predicted octanol–water partition coefficient (Wildman–Crippen LogP) is 5.54. The Morgan fingerprint density at radius 3 is 2.12 bits per heavy atom. The van der Waals surface area contributed by atoms with E-state index in [9.17, 15) is 14.4 Å². The molecule has 4 aliphatic rings. The van der Waals surface area contributed by atoms with Crippen LogP contribution in [-0.4, -0.2) is 23.9 Å². The van der Waals surface area contributed by atoms with Crippen molar-refractivity contribution in [2.45, 2.75) is 24.7 Å². The van der Waals surface area contributed by atoms with Gasteiger partial charge in [0.1, 0.15) is 0 Å². The lowest BCUT2D eigenvalue weighted by Crippen LogP contribution is -2.54. The third kappa shape index (κ3) is 3.78. The summed E-state index contributed by atoms with van der Waals surface area (Å²) in [5.41, 5.74) is 7.95. The third-order valence-corrected chi connectivity index (χ3v) is 8.96. The molecule has 1 saturated heterocycles. The van der Waals surface area contributed by atoms with Gasteiger partial charge in [0, 0.05) is 17.2 Å². The van der Waals surface area contributed by atoms with E-state index >= 15 is 0 Å². The Hall–Kier alpha value is -4.55. The minimum Gasteiger partial charge on any atom is -0.274 e. The van der Waals surface area contributed by atoms with Gasteiger partial charge in [-0.05, 0) is 59.0 Å². The van der Waals surface area contributed by atoms with Crippen LogP contribution in [0.1, 0.15) is 39.3 Å². The van der Waals surface area contributed by atoms with Crippen LogP contribution in [0.15, 0.2) is 102 Å². The van der Waals surface area contributed by atoms with E-state index in [4.69, 9.17) is 11.6 Å². The van der Waals surface area contributed by atoms with Gasteiger partial charge >= 0.3 is 0 Å². The Bertz CT molecular complexity index is 1700. The van der Waals surface area contributed by atoms with Crippen molar-refractivity contribution in [3.63, 3.8) is 0 Å². The number of carbonyl (C=O) groups is 3. The van der Waals surface area contributed by atoms with Crippen molar-refractivity contribution in [1.82, 2.24) is 5.43 Å². The Labute approximate surface area is 242 Å². The maximum absolute atomic E-state index is 14.4. The van der Waals surface area contributed by atoms with E-state index in [1.54, 1.807) is 30.5 Å². The van der Waals surface area contributed by atoms with Gasteiger partial charge in [-0.3, -0.25) is 14.4 Å². The molecule has 0 radical (unpaired) electrons. The zero-order valence-corrected chi connectivity index (χ0v) is 23.0. The normalized spacial score (nSPS) is 23.9. The molecule has 0 spiro atoms. The van der Waals surface area contributed by atoms with Crippen molar-refractivity contribution >= 4 is 41.2 Å². The molecule has 3 amide bonds. The molecule has 1 heterocycles. The Kier molecular flexibility index (Phi) is 5.91. The average molecular weight is 560 g/mol. The summed E-state index contributed by atoms with van der Waals surface area (Å²) in [6.07, 6.45) is 1.81. The van der Waals surface area contributed by atoms with Gasteiger partial charge in [0.05, 0.1) is 29.4 Å². The summed E-state index contributed by atoms with van der Waals surface area (Å²) >= 11 is 5.98. The lowest BCUT2D eigenvalue weighted by molar-refractivity contribution is -0.123. The smallest absolute Gasteiger partial charge is 0.244 e. The first-order chi connectivity index (χ1) is 19.9. The van der Waals surface area contributed by atoms with E-state index in [0.717, 1.165) is 33.4 Å². The van der Waals surface area contributed by atoms with Gasteiger partial charge in [0.25, 0.3) is 0 Å². The fourth-order valence-corrected chi connectivity index (χ4v) is 7.16. The number of amides is 3. The van der Waals surface area contributed by atoms with Crippen LogP contribution >= 0.6 is 11.6 Å². The first-order valence-electron chi connectivity index (χ1n) is 13.6. The van der Waals surface area contributed by atoms with Crippen LogP contribution in [0.2, 0.25) is 5.02 Å². The Morgan fingerprint density at radius 2 is 1.49 bits per heavy atom. The number of carbonyl (C=O) groups excluding carboxylic acids is 3. The number of benzene rings is 4. The summed E-state index contributed by atoms with van der Waals surface area (Å²) in [5.74, 6) is -2.31. The highest BCUT2D eigenvalue weighted by atomic mass is 35.5. The molecule has 41 heavy (non-hydrogen) atoms. The molecule has 202 valence electrons. The monoisotopic (exact) mass is 559 g/mol. The van der Waals surface area contributed by atoms with Crippen molar-refractivity contribution in [2.75, 3.05) is 4.90 Å². The van der Waals surface area contributed by atoms with Gasteiger partial charge in [-0.15, -0.1) is 0 Å². The maximum Gasteiger partial charge on any atom is 0.244 e. The summed E-state index contributed by atoms with van der Waals surface area (Å²) in [5, 5.41) is 5.07. The second-order valence-electron chi connectivity index (χ2n) is 11.0. The molecule has 1 aliphatic heterocycles. The van der Waals surface area contributed by atoms with Crippen LogP contribution in [0, 0.1) is 18.8 Å². The molecule has 0 saturated carbocycles. The number of aryl methyl sites for hydroxylation is 1. The summed E-state index contributed by atoms with van der Waals surface area (Å²) in [6, 6.07) is 30.5. The van der Waals surface area contributed by atoms with Gasteiger partial charge < -0.3 is 0 Å². The third-order valence-electron chi connectivity index (χ3n) is 8.71. The van der Waals surface area contributed by atoms with Crippen molar-refractivity contribution in [2.24, 2.45) is 16.9 Å². The van der Waals surface area contributed by atoms with Crippen LogP contribution < -0.4 is 10.3 Å². The van der Waals surface area contributed by atoms with Gasteiger partial charge in [-0.25, -0.2) is 10.3 Å². The molecule has 2 bridgehead atoms. The molecule has 8 rings (SSSR count). The van der Waals surface area contributed by atoms with Gasteiger partial charge in [0.2, 0.25) is 17.7 Å². The van der Waals surface area contributed by atoms with Gasteiger partial charge in [-0.1, -0.05) is 90.0 Å². The zero-order valence-electron chi connectivity index (χ0n) is 22.3. The molecule has 1 fully saturated rings. The maximum atomic E-state index is 14.4. The molecular weight excluding hydrogens is 534 g/mol. The highest BCUT2D eigenvalue weighted by molar-refractivity contribution is 6.30. The van der Waals surface area contributed by atoms with E-state index in [1.807, 2.05) is 79.7 Å². The summed E-state index contributed by atoms with van der Waals surface area (Å²) in [4.78, 5) is 42.7. The quantitative estimate of drug-likeness (QED) is 0.198. The zero-order chi connectivity index (χ0) is 28.3. The fourth-order valence-electron chi connectivity index (χ4n) is 7.03. The molecule has 0 unspecified atom stereocenters. The SMILES string of the molecule is Cc1ccc(N2C(=O)[C@@H]3[C@@H](C2=O)C2c4ccccc4C3(/C=N\NC(=O)Cc3ccc(Cl)cc3)c3ccccc32)cc1. The van der Waals surface area contributed by atoms with Gasteiger partial charge in [-0.2, -0.15) is 5.10 Å². The second kappa shape index (κ2) is 9.53. The average Bonchev–Trinajstić information content (AvgIpc) is 3.25. The molecule has 1 N–H and O–H groups in total. The first kappa shape index (κ1) is 25.4. The van der Waals surface area contributed by atoms with Crippen molar-refractivity contribution in [1.29, 1.82) is 0 Å². The number of hydrogen-bond acceptors (Lipinski definition) is 4. The molecule has 3 aliphatic carbocycles. The highest BCUT2D eigenvalue weighted by Crippen LogP contribution is 2.63. The molecule has 7 heteroatoms. The minimum absolute atomic E-state index is 0.126. The predicted molar refractivity (Wildman–Crippen MR) is 158 cm³/mol. The number of hydrazone groups is 1. The van der Waals surface area contributed by atoms with E-state index in [-0.39, 0.29) is 30.1 Å². The molecular formula is C34H26ClN3O3. The van der Waals surface area contributed by atoms with Crippen molar-refractivity contribution in [3.8, 4) is 0 Å². The molecule has 6 nitrogen and oxygen atoms in total. The minimum atomic E-state index is -1.04.